The number of nitrogens with one attached hydrogen (secondary N) is 1. The van der Waals surface area contributed by atoms with Crippen molar-refractivity contribution in [2.45, 2.75) is 63.3 Å². The average molecular weight is 409 g/mol. The Balaban J connectivity index is 1.87. The molecule has 28 heavy (non-hydrogen) atoms. The van der Waals surface area contributed by atoms with E-state index in [1.807, 2.05) is 0 Å². The number of hydrogen-bond acceptors (Lipinski definition) is 4. The van der Waals surface area contributed by atoms with Crippen LogP contribution in [0.2, 0.25) is 0 Å². The van der Waals surface area contributed by atoms with Crippen molar-refractivity contribution in [3.05, 3.63) is 23.8 Å². The van der Waals surface area contributed by atoms with Crippen LogP contribution in [0.15, 0.2) is 23.1 Å². The molecule has 156 valence electrons. The zero-order valence-corrected chi connectivity index (χ0v) is 17.9. The molecule has 0 radical (unpaired) electrons. The van der Waals surface area contributed by atoms with Crippen LogP contribution in [0.5, 0.6) is 5.75 Å². The molecule has 7 heteroatoms. The third-order valence-electron chi connectivity index (χ3n) is 5.82. The van der Waals surface area contributed by atoms with Crippen molar-refractivity contribution in [3.8, 4) is 5.75 Å². The first-order valence-corrected chi connectivity index (χ1v) is 11.7. The number of piperidine rings is 1. The van der Waals surface area contributed by atoms with Gasteiger partial charge in [0.1, 0.15) is 10.6 Å². The number of nitrogens with zero attached hydrogens (tertiary/aromatic N) is 1. The highest BCUT2D eigenvalue weighted by molar-refractivity contribution is 7.89. The van der Waals surface area contributed by atoms with Crippen LogP contribution in [-0.4, -0.2) is 44.9 Å². The highest BCUT2D eigenvalue weighted by atomic mass is 32.2. The Hall–Kier alpha value is -1.60. The van der Waals surface area contributed by atoms with Crippen LogP contribution < -0.4 is 10.1 Å². The monoisotopic (exact) mass is 408 g/mol. The minimum Gasteiger partial charge on any atom is -0.495 e. The number of carbonyl (C=O) groups is 1. The van der Waals surface area contributed by atoms with E-state index in [9.17, 15) is 13.2 Å². The van der Waals surface area contributed by atoms with Crippen LogP contribution in [0.25, 0.3) is 0 Å². The van der Waals surface area contributed by atoms with E-state index < -0.39 is 10.0 Å². The Morgan fingerprint density at radius 1 is 1.11 bits per heavy atom. The second-order valence-electron chi connectivity index (χ2n) is 8.44. The van der Waals surface area contributed by atoms with Crippen LogP contribution in [0.4, 0.5) is 0 Å². The summed E-state index contributed by atoms with van der Waals surface area (Å²) in [5.41, 5.74) is 0.364. The maximum absolute atomic E-state index is 13.3. The molecule has 6 nitrogen and oxygen atoms in total. The Morgan fingerprint density at radius 2 is 1.75 bits per heavy atom. The van der Waals surface area contributed by atoms with E-state index in [2.05, 4.69) is 19.2 Å². The quantitative estimate of drug-likeness (QED) is 0.810. The van der Waals surface area contributed by atoms with Gasteiger partial charge in [0, 0.05) is 24.7 Å². The predicted molar refractivity (Wildman–Crippen MR) is 109 cm³/mol. The van der Waals surface area contributed by atoms with Gasteiger partial charge in [-0.05, 0) is 49.3 Å². The van der Waals surface area contributed by atoms with E-state index in [-0.39, 0.29) is 22.6 Å². The second kappa shape index (κ2) is 8.82. The van der Waals surface area contributed by atoms with Crippen LogP contribution >= 0.6 is 0 Å². The standard InChI is InChI=1S/C21H32N2O4S/c1-15-11-16(2)14-23(13-15)28(25,26)20-12-17(9-10-19(20)27-3)21(24)22-18-7-5-4-6-8-18/h9-10,12,15-16,18H,4-8,11,13-14H2,1-3H3,(H,22,24). The van der Waals surface area contributed by atoms with Gasteiger partial charge in [0.15, 0.2) is 0 Å². The molecule has 0 bridgehead atoms. The number of sulfonamides is 1. The van der Waals surface area contributed by atoms with Gasteiger partial charge in [-0.15, -0.1) is 0 Å². The summed E-state index contributed by atoms with van der Waals surface area (Å²) in [5, 5.41) is 3.06. The molecular weight excluding hydrogens is 376 g/mol. The molecule has 1 N–H and O–H groups in total. The lowest BCUT2D eigenvalue weighted by Crippen LogP contribution is -2.42. The fourth-order valence-corrected chi connectivity index (χ4v) is 6.34. The largest absolute Gasteiger partial charge is 0.495 e. The van der Waals surface area contributed by atoms with Gasteiger partial charge in [0.05, 0.1) is 7.11 Å². The fraction of sp³-hybridized carbons (Fsp3) is 0.667. The lowest BCUT2D eigenvalue weighted by atomic mass is 9.94. The molecule has 3 rings (SSSR count). The Morgan fingerprint density at radius 3 is 2.36 bits per heavy atom. The zero-order chi connectivity index (χ0) is 20.3. The summed E-state index contributed by atoms with van der Waals surface area (Å²) < 4.78 is 33.5. The smallest absolute Gasteiger partial charge is 0.251 e. The summed E-state index contributed by atoms with van der Waals surface area (Å²) >= 11 is 0. The molecule has 1 amide bonds. The molecule has 1 aromatic carbocycles. The Labute approximate surface area is 168 Å². The van der Waals surface area contributed by atoms with E-state index in [0.717, 1.165) is 32.1 Å². The Bertz CT molecular complexity index is 793. The molecular formula is C21H32N2O4S. The van der Waals surface area contributed by atoms with Crippen molar-refractivity contribution in [1.82, 2.24) is 9.62 Å². The van der Waals surface area contributed by atoms with Gasteiger partial charge < -0.3 is 10.1 Å². The lowest BCUT2D eigenvalue weighted by Gasteiger charge is -2.34. The molecule has 1 aromatic rings. The summed E-state index contributed by atoms with van der Waals surface area (Å²) in [5.74, 6) is 0.677. The van der Waals surface area contributed by atoms with E-state index in [4.69, 9.17) is 4.74 Å². The summed E-state index contributed by atoms with van der Waals surface area (Å²) in [6.45, 7) is 5.13. The van der Waals surface area contributed by atoms with Gasteiger partial charge in [0.2, 0.25) is 10.0 Å². The molecule has 1 saturated carbocycles. The third-order valence-corrected chi connectivity index (χ3v) is 7.67. The van der Waals surface area contributed by atoms with E-state index >= 15 is 0 Å². The molecule has 0 spiro atoms. The van der Waals surface area contributed by atoms with Crippen LogP contribution in [0.3, 0.4) is 0 Å². The van der Waals surface area contributed by atoms with Crippen LogP contribution in [0.1, 0.15) is 62.7 Å². The first-order chi connectivity index (χ1) is 13.3. The molecule has 0 aromatic heterocycles. The van der Waals surface area contributed by atoms with Crippen LogP contribution in [0, 0.1) is 11.8 Å². The van der Waals surface area contributed by atoms with Crippen molar-refractivity contribution in [2.24, 2.45) is 11.8 Å². The molecule has 1 saturated heterocycles. The Kier molecular flexibility index (Phi) is 6.65. The SMILES string of the molecule is COc1ccc(C(=O)NC2CCCCC2)cc1S(=O)(=O)N1CC(C)CC(C)C1. The summed E-state index contributed by atoms with van der Waals surface area (Å²) in [6, 6.07) is 4.86. The van der Waals surface area contributed by atoms with Crippen molar-refractivity contribution in [1.29, 1.82) is 0 Å². The van der Waals surface area contributed by atoms with E-state index in [1.54, 1.807) is 12.1 Å². The molecule has 2 unspecified atom stereocenters. The molecule has 1 aliphatic heterocycles. The normalized spacial score (nSPS) is 24.7. The second-order valence-corrected chi connectivity index (χ2v) is 10.3. The number of rotatable bonds is 5. The fourth-order valence-electron chi connectivity index (χ4n) is 4.48. The lowest BCUT2D eigenvalue weighted by molar-refractivity contribution is 0.0927. The molecule has 1 aliphatic carbocycles. The number of carbonyl (C=O) groups excluding carboxylic acids is 1. The highest BCUT2D eigenvalue weighted by Gasteiger charge is 2.34. The topological polar surface area (TPSA) is 75.7 Å². The highest BCUT2D eigenvalue weighted by Crippen LogP contribution is 2.32. The average Bonchev–Trinajstić information content (AvgIpc) is 2.67. The number of methoxy groups -OCH3 is 1. The molecule has 1 heterocycles. The predicted octanol–water partition coefficient (Wildman–Crippen LogP) is 3.42. The van der Waals surface area contributed by atoms with Gasteiger partial charge in [-0.25, -0.2) is 8.42 Å². The summed E-state index contributed by atoms with van der Waals surface area (Å²) in [4.78, 5) is 12.8. The first-order valence-electron chi connectivity index (χ1n) is 10.3. The van der Waals surface area contributed by atoms with Gasteiger partial charge in [-0.2, -0.15) is 4.31 Å². The zero-order valence-electron chi connectivity index (χ0n) is 17.1. The van der Waals surface area contributed by atoms with Gasteiger partial charge in [-0.3, -0.25) is 4.79 Å². The molecule has 2 aliphatic rings. The third kappa shape index (κ3) is 4.69. The number of benzene rings is 1. The summed E-state index contributed by atoms with van der Waals surface area (Å²) in [6.07, 6.45) is 6.45. The van der Waals surface area contributed by atoms with E-state index in [0.29, 0.717) is 30.5 Å². The van der Waals surface area contributed by atoms with E-state index in [1.165, 1.54) is 23.9 Å². The number of hydrogen-bond donors (Lipinski definition) is 1. The van der Waals surface area contributed by atoms with Gasteiger partial charge in [-0.1, -0.05) is 33.1 Å². The molecule has 2 atom stereocenters. The van der Waals surface area contributed by atoms with Gasteiger partial charge >= 0.3 is 0 Å². The molecule has 2 fully saturated rings. The summed E-state index contributed by atoms with van der Waals surface area (Å²) in [7, 11) is -2.28. The first kappa shape index (κ1) is 21.1. The maximum atomic E-state index is 13.3. The van der Waals surface area contributed by atoms with Crippen molar-refractivity contribution >= 4 is 15.9 Å². The van der Waals surface area contributed by atoms with Crippen molar-refractivity contribution < 1.29 is 17.9 Å². The van der Waals surface area contributed by atoms with Crippen molar-refractivity contribution in [2.75, 3.05) is 20.2 Å². The minimum atomic E-state index is -3.73. The number of amides is 1. The minimum absolute atomic E-state index is 0.0765. The number of ether oxygens (including phenoxy) is 1. The maximum Gasteiger partial charge on any atom is 0.251 e. The van der Waals surface area contributed by atoms with Crippen molar-refractivity contribution in [3.63, 3.8) is 0 Å². The van der Waals surface area contributed by atoms with Gasteiger partial charge in [0.25, 0.3) is 5.91 Å². The van der Waals surface area contributed by atoms with Crippen LogP contribution in [-0.2, 0) is 10.0 Å².